The molecule has 1 unspecified atom stereocenters. The third-order valence-electron chi connectivity index (χ3n) is 4.89. The quantitative estimate of drug-likeness (QED) is 0.277. The Morgan fingerprint density at radius 3 is 2.81 bits per heavy atom. The van der Waals surface area contributed by atoms with Gasteiger partial charge in [-0.15, -0.1) is 23.1 Å². The minimum absolute atomic E-state index is 0.151. The van der Waals surface area contributed by atoms with Crippen molar-refractivity contribution in [1.82, 2.24) is 0 Å². The second-order valence-electron chi connectivity index (χ2n) is 6.93. The van der Waals surface area contributed by atoms with Gasteiger partial charge in [-0.05, 0) is 55.5 Å². The molecule has 150 valence electrons. The molecule has 1 aliphatic rings. The molecule has 0 aliphatic heterocycles. The van der Waals surface area contributed by atoms with E-state index in [2.05, 4.69) is 10.8 Å². The molecule has 0 aromatic carbocycles. The van der Waals surface area contributed by atoms with Gasteiger partial charge in [-0.3, -0.25) is 9.59 Å². The Kier molecular flexibility index (Phi) is 10.2. The van der Waals surface area contributed by atoms with E-state index in [-0.39, 0.29) is 12.1 Å². The summed E-state index contributed by atoms with van der Waals surface area (Å²) in [5, 5.41) is 12.3. The lowest BCUT2D eigenvalue weighted by Crippen LogP contribution is -2.10. The number of carbonyl (C=O) groups excluding carboxylic acids is 2. The summed E-state index contributed by atoms with van der Waals surface area (Å²) in [6.07, 6.45) is 7.89. The molecule has 1 N–H and O–H groups in total. The number of hydrogen-bond donors (Lipinski definition) is 1. The second kappa shape index (κ2) is 12.4. The molecule has 0 saturated heterocycles. The maximum absolute atomic E-state index is 12.2. The largest absolute Gasteiger partial charge is 0.469 e. The fraction of sp³-hybridized carbons (Fsp3) is 0.619. The zero-order valence-electron chi connectivity index (χ0n) is 16.1. The number of methoxy groups -OCH3 is 1. The highest BCUT2D eigenvalue weighted by atomic mass is 32.2. The number of aliphatic hydroxyl groups excluding tert-OH is 1. The number of Topliss-reactive ketones (excluding diaryl/α,β-unsaturated/α-hetero) is 1. The van der Waals surface area contributed by atoms with Crippen LogP contribution in [-0.4, -0.2) is 35.8 Å². The standard InChI is InChI=1S/C21H30O4S2/c1-25-20(24)8-5-3-2-4-7-18-16(11-13-19(18)23)10-12-17(22)15-27-21-9-6-14-26-21/h6,9,14,17,22H,2-5,7-8,10-13,15H2,1H3. The summed E-state index contributed by atoms with van der Waals surface area (Å²) in [7, 11) is 1.42. The number of ether oxygens (including phenoxy) is 1. The number of thiophene rings is 1. The van der Waals surface area contributed by atoms with Crippen molar-refractivity contribution in [3.05, 3.63) is 28.7 Å². The highest BCUT2D eigenvalue weighted by Crippen LogP contribution is 2.31. The van der Waals surface area contributed by atoms with E-state index in [0.717, 1.165) is 56.9 Å². The zero-order valence-corrected chi connectivity index (χ0v) is 17.7. The summed E-state index contributed by atoms with van der Waals surface area (Å²) >= 11 is 3.40. The molecular weight excluding hydrogens is 380 g/mol. The van der Waals surface area contributed by atoms with Crippen LogP contribution in [0.1, 0.15) is 64.2 Å². The van der Waals surface area contributed by atoms with Crippen LogP contribution in [0, 0.1) is 0 Å². The number of unbranched alkanes of at least 4 members (excludes halogenated alkanes) is 3. The average molecular weight is 411 g/mol. The molecule has 6 heteroatoms. The lowest BCUT2D eigenvalue weighted by molar-refractivity contribution is -0.140. The van der Waals surface area contributed by atoms with Crippen LogP contribution in [0.5, 0.6) is 0 Å². The number of hydrogen-bond acceptors (Lipinski definition) is 6. The highest BCUT2D eigenvalue weighted by Gasteiger charge is 2.22. The Morgan fingerprint density at radius 2 is 2.07 bits per heavy atom. The number of thioether (sulfide) groups is 1. The van der Waals surface area contributed by atoms with Crippen LogP contribution in [0.2, 0.25) is 0 Å². The van der Waals surface area contributed by atoms with Gasteiger partial charge in [-0.1, -0.05) is 24.5 Å². The molecule has 0 radical (unpaired) electrons. The number of carbonyl (C=O) groups is 2. The Bertz CT molecular complexity index is 622. The first kappa shape index (κ1) is 22.2. The minimum atomic E-state index is -0.333. The van der Waals surface area contributed by atoms with Crippen molar-refractivity contribution in [2.75, 3.05) is 12.9 Å². The lowest BCUT2D eigenvalue weighted by atomic mass is 9.99. The van der Waals surface area contributed by atoms with E-state index in [4.69, 9.17) is 0 Å². The van der Waals surface area contributed by atoms with E-state index in [0.29, 0.717) is 24.4 Å². The first-order chi connectivity index (χ1) is 13.1. The summed E-state index contributed by atoms with van der Waals surface area (Å²) in [5.41, 5.74) is 2.27. The van der Waals surface area contributed by atoms with E-state index < -0.39 is 0 Å². The number of rotatable bonds is 13. The summed E-state index contributed by atoms with van der Waals surface area (Å²) in [4.78, 5) is 23.3. The van der Waals surface area contributed by atoms with Crippen molar-refractivity contribution < 1.29 is 19.4 Å². The molecule has 0 amide bonds. The van der Waals surface area contributed by atoms with Crippen molar-refractivity contribution >= 4 is 34.9 Å². The van der Waals surface area contributed by atoms with Crippen LogP contribution in [0.3, 0.4) is 0 Å². The number of aliphatic hydroxyl groups is 1. The van der Waals surface area contributed by atoms with E-state index in [1.54, 1.807) is 23.1 Å². The predicted molar refractivity (Wildman–Crippen MR) is 111 cm³/mol. The van der Waals surface area contributed by atoms with Gasteiger partial charge in [0.15, 0.2) is 5.78 Å². The van der Waals surface area contributed by atoms with Crippen molar-refractivity contribution in [3.8, 4) is 0 Å². The van der Waals surface area contributed by atoms with Gasteiger partial charge in [0.25, 0.3) is 0 Å². The summed E-state index contributed by atoms with van der Waals surface area (Å²) in [6.45, 7) is 0. The molecule has 0 saturated carbocycles. The summed E-state index contributed by atoms with van der Waals surface area (Å²) < 4.78 is 5.87. The Morgan fingerprint density at radius 1 is 1.26 bits per heavy atom. The first-order valence-corrected chi connectivity index (χ1v) is 11.6. The van der Waals surface area contributed by atoms with Crippen LogP contribution in [0.25, 0.3) is 0 Å². The Hall–Kier alpha value is -1.11. The molecule has 0 fully saturated rings. The predicted octanol–water partition coefficient (Wildman–Crippen LogP) is 5.15. The molecule has 1 aromatic rings. The fourth-order valence-corrected chi connectivity index (χ4v) is 5.12. The Balaban J connectivity index is 1.67. The molecule has 1 aromatic heterocycles. The zero-order chi connectivity index (χ0) is 19.5. The highest BCUT2D eigenvalue weighted by molar-refractivity contribution is 8.01. The normalized spacial score (nSPS) is 15.4. The van der Waals surface area contributed by atoms with Crippen LogP contribution >= 0.6 is 23.1 Å². The molecule has 4 nitrogen and oxygen atoms in total. The summed E-state index contributed by atoms with van der Waals surface area (Å²) in [6, 6.07) is 4.10. The van der Waals surface area contributed by atoms with Gasteiger partial charge in [0.1, 0.15) is 0 Å². The smallest absolute Gasteiger partial charge is 0.305 e. The van der Waals surface area contributed by atoms with E-state index >= 15 is 0 Å². The number of allylic oxidation sites excluding steroid dienone is 2. The number of ketones is 1. The van der Waals surface area contributed by atoms with Crippen LogP contribution < -0.4 is 0 Å². The maximum atomic E-state index is 12.2. The maximum Gasteiger partial charge on any atom is 0.305 e. The fourth-order valence-electron chi connectivity index (χ4n) is 3.33. The van der Waals surface area contributed by atoms with E-state index in [9.17, 15) is 14.7 Å². The second-order valence-corrected chi connectivity index (χ2v) is 9.20. The van der Waals surface area contributed by atoms with Crippen molar-refractivity contribution in [2.45, 2.75) is 74.5 Å². The molecule has 2 rings (SSSR count). The lowest BCUT2D eigenvalue weighted by Gasteiger charge is -2.11. The average Bonchev–Trinajstić information content (AvgIpc) is 3.31. The van der Waals surface area contributed by atoms with Gasteiger partial charge in [0.05, 0.1) is 17.4 Å². The molecule has 0 spiro atoms. The van der Waals surface area contributed by atoms with Gasteiger partial charge >= 0.3 is 5.97 Å². The van der Waals surface area contributed by atoms with Gasteiger partial charge < -0.3 is 9.84 Å². The first-order valence-electron chi connectivity index (χ1n) is 9.75. The van der Waals surface area contributed by atoms with Crippen LogP contribution in [0.4, 0.5) is 0 Å². The molecule has 1 heterocycles. The van der Waals surface area contributed by atoms with Gasteiger partial charge in [-0.25, -0.2) is 0 Å². The van der Waals surface area contributed by atoms with Crippen LogP contribution in [0.15, 0.2) is 32.9 Å². The van der Waals surface area contributed by atoms with E-state index in [1.807, 2.05) is 11.4 Å². The van der Waals surface area contributed by atoms with E-state index in [1.165, 1.54) is 16.9 Å². The molecule has 1 aliphatic carbocycles. The van der Waals surface area contributed by atoms with Gasteiger partial charge in [-0.2, -0.15) is 0 Å². The van der Waals surface area contributed by atoms with Gasteiger partial charge in [0, 0.05) is 18.6 Å². The SMILES string of the molecule is COC(=O)CCCCCCC1=C(CCC(O)CSc2cccs2)CCC1=O. The van der Waals surface area contributed by atoms with Crippen molar-refractivity contribution in [3.63, 3.8) is 0 Å². The molecule has 1 atom stereocenters. The van der Waals surface area contributed by atoms with Crippen molar-refractivity contribution in [2.24, 2.45) is 0 Å². The third kappa shape index (κ3) is 8.20. The summed E-state index contributed by atoms with van der Waals surface area (Å²) in [5.74, 6) is 0.848. The topological polar surface area (TPSA) is 63.6 Å². The monoisotopic (exact) mass is 410 g/mol. The number of esters is 1. The molecular formula is C21H30O4S2. The Labute approximate surface area is 170 Å². The minimum Gasteiger partial charge on any atom is -0.469 e. The third-order valence-corrected chi connectivity index (χ3v) is 7.17. The van der Waals surface area contributed by atoms with Crippen LogP contribution in [-0.2, 0) is 14.3 Å². The molecule has 27 heavy (non-hydrogen) atoms. The molecule has 0 bridgehead atoms. The van der Waals surface area contributed by atoms with Crippen molar-refractivity contribution in [1.29, 1.82) is 0 Å². The van der Waals surface area contributed by atoms with Gasteiger partial charge in [0.2, 0.25) is 0 Å².